The third-order valence-electron chi connectivity index (χ3n) is 2.90. The Kier molecular flexibility index (Phi) is 4.58. The zero-order valence-electron chi connectivity index (χ0n) is 12.0. The van der Waals surface area contributed by atoms with E-state index in [1.165, 1.54) is 0 Å². The normalized spacial score (nSPS) is 12.2. The second kappa shape index (κ2) is 6.39. The Bertz CT molecular complexity index is 570. The van der Waals surface area contributed by atoms with Gasteiger partial charge in [0.25, 0.3) is 0 Å². The molecule has 0 amide bonds. The smallest absolute Gasteiger partial charge is 0.142 e. The molecule has 0 aliphatic carbocycles. The number of hydrogen-bond acceptors (Lipinski definition) is 4. The first-order valence-electron chi connectivity index (χ1n) is 6.63. The molecule has 1 aromatic heterocycles. The minimum atomic E-state index is -0.345. The monoisotopic (exact) mass is 272 g/mol. The van der Waals surface area contributed by atoms with E-state index in [1.54, 1.807) is 13.3 Å². The lowest BCUT2D eigenvalue weighted by molar-refractivity contribution is 0.242. The van der Waals surface area contributed by atoms with E-state index in [0.717, 1.165) is 17.0 Å². The number of nitrogens with two attached hydrogens (primary N) is 1. The number of benzene rings is 1. The van der Waals surface area contributed by atoms with Crippen LogP contribution in [0, 0.1) is 0 Å². The quantitative estimate of drug-likeness (QED) is 0.909. The van der Waals surface area contributed by atoms with E-state index in [0.29, 0.717) is 5.75 Å². The van der Waals surface area contributed by atoms with Crippen LogP contribution in [0.25, 0.3) is 0 Å². The summed E-state index contributed by atoms with van der Waals surface area (Å²) in [6.07, 6.45) is 1.84. The molecule has 4 heteroatoms. The second-order valence-corrected chi connectivity index (χ2v) is 4.81. The van der Waals surface area contributed by atoms with Gasteiger partial charge in [-0.1, -0.05) is 12.1 Å². The fourth-order valence-corrected chi connectivity index (χ4v) is 2.02. The highest BCUT2D eigenvalue weighted by Gasteiger charge is 2.15. The summed E-state index contributed by atoms with van der Waals surface area (Å²) in [7, 11) is 1.62. The topological polar surface area (TPSA) is 57.4 Å². The summed E-state index contributed by atoms with van der Waals surface area (Å²) in [5, 5.41) is 0. The molecule has 0 spiro atoms. The molecule has 20 heavy (non-hydrogen) atoms. The summed E-state index contributed by atoms with van der Waals surface area (Å²) in [5.41, 5.74) is 7.96. The number of ether oxygens (including phenoxy) is 2. The van der Waals surface area contributed by atoms with Crippen molar-refractivity contribution in [3.63, 3.8) is 0 Å². The summed E-state index contributed by atoms with van der Waals surface area (Å²) >= 11 is 0. The largest absolute Gasteiger partial charge is 0.495 e. The zero-order chi connectivity index (χ0) is 14.5. The van der Waals surface area contributed by atoms with Gasteiger partial charge in [0.05, 0.1) is 19.3 Å². The maximum Gasteiger partial charge on any atom is 0.142 e. The molecule has 0 bridgehead atoms. The molecule has 0 saturated carbocycles. The zero-order valence-corrected chi connectivity index (χ0v) is 12.0. The molecule has 0 aliphatic heterocycles. The highest BCUT2D eigenvalue weighted by molar-refractivity contribution is 5.39. The van der Waals surface area contributed by atoms with E-state index in [1.807, 2.05) is 50.2 Å². The fourth-order valence-electron chi connectivity index (χ4n) is 2.02. The summed E-state index contributed by atoms with van der Waals surface area (Å²) < 4.78 is 11.0. The van der Waals surface area contributed by atoms with Crippen LogP contribution in [0.5, 0.6) is 11.5 Å². The molecule has 0 aliphatic rings. The average Bonchev–Trinajstić information content (AvgIpc) is 2.46. The van der Waals surface area contributed by atoms with Gasteiger partial charge >= 0.3 is 0 Å². The van der Waals surface area contributed by atoms with Crippen LogP contribution >= 0.6 is 0 Å². The van der Waals surface area contributed by atoms with E-state index in [2.05, 4.69) is 4.98 Å². The van der Waals surface area contributed by atoms with Gasteiger partial charge in [-0.25, -0.2) is 0 Å². The lowest BCUT2D eigenvalue weighted by Gasteiger charge is -2.16. The summed E-state index contributed by atoms with van der Waals surface area (Å²) in [4.78, 5) is 4.33. The molecule has 106 valence electrons. The van der Waals surface area contributed by atoms with E-state index in [9.17, 15) is 0 Å². The second-order valence-electron chi connectivity index (χ2n) is 4.81. The van der Waals surface area contributed by atoms with Crippen molar-refractivity contribution in [2.24, 2.45) is 5.73 Å². The number of pyridine rings is 1. The molecule has 2 rings (SSSR count). The van der Waals surface area contributed by atoms with Crippen LogP contribution in [0.1, 0.15) is 31.1 Å². The minimum Gasteiger partial charge on any atom is -0.495 e. The Hall–Kier alpha value is -2.07. The Labute approximate surface area is 119 Å². The molecule has 0 fully saturated rings. The standard InChI is InChI=1S/C16H20N2O2/c1-11(2)20-13-7-4-6-12(10-13)15(17)16-14(19-3)8-5-9-18-16/h4-11,15H,17H2,1-3H3. The number of nitrogens with zero attached hydrogens (tertiary/aromatic N) is 1. The summed E-state index contributed by atoms with van der Waals surface area (Å²) in [5.74, 6) is 1.50. The van der Waals surface area contributed by atoms with Gasteiger partial charge in [0.15, 0.2) is 0 Å². The Morgan fingerprint density at radius 2 is 1.95 bits per heavy atom. The van der Waals surface area contributed by atoms with Crippen LogP contribution in [0.4, 0.5) is 0 Å². The molecule has 2 aromatic rings. The predicted molar refractivity (Wildman–Crippen MR) is 79.0 cm³/mol. The van der Waals surface area contributed by atoms with Crippen LogP contribution < -0.4 is 15.2 Å². The summed E-state index contributed by atoms with van der Waals surface area (Å²) in [6, 6.07) is 11.1. The van der Waals surface area contributed by atoms with Gasteiger partial charge in [0.1, 0.15) is 17.2 Å². The molecular weight excluding hydrogens is 252 g/mol. The third kappa shape index (κ3) is 3.27. The number of rotatable bonds is 5. The van der Waals surface area contributed by atoms with Crippen molar-refractivity contribution in [3.8, 4) is 11.5 Å². The first kappa shape index (κ1) is 14.3. The van der Waals surface area contributed by atoms with E-state index in [4.69, 9.17) is 15.2 Å². The van der Waals surface area contributed by atoms with E-state index >= 15 is 0 Å². The lowest BCUT2D eigenvalue weighted by atomic mass is 10.0. The van der Waals surface area contributed by atoms with Crippen molar-refractivity contribution >= 4 is 0 Å². The first-order chi connectivity index (χ1) is 9.61. The van der Waals surface area contributed by atoms with Crippen LogP contribution in [0.3, 0.4) is 0 Å². The van der Waals surface area contributed by atoms with Crippen LogP contribution in [0.2, 0.25) is 0 Å². The maximum atomic E-state index is 6.29. The van der Waals surface area contributed by atoms with Crippen molar-refractivity contribution in [3.05, 3.63) is 53.9 Å². The molecule has 1 aromatic carbocycles. The molecule has 1 atom stereocenters. The number of aromatic nitrogens is 1. The molecular formula is C16H20N2O2. The highest BCUT2D eigenvalue weighted by Crippen LogP contribution is 2.28. The van der Waals surface area contributed by atoms with Gasteiger partial charge in [0.2, 0.25) is 0 Å². The van der Waals surface area contributed by atoms with Crippen molar-refractivity contribution in [2.45, 2.75) is 26.0 Å². The lowest BCUT2D eigenvalue weighted by Crippen LogP contribution is -2.15. The van der Waals surface area contributed by atoms with Gasteiger partial charge in [-0.2, -0.15) is 0 Å². The number of hydrogen-bond donors (Lipinski definition) is 1. The van der Waals surface area contributed by atoms with Crippen molar-refractivity contribution in [2.75, 3.05) is 7.11 Å². The van der Waals surface area contributed by atoms with Gasteiger partial charge < -0.3 is 15.2 Å². The molecule has 2 N–H and O–H groups in total. The van der Waals surface area contributed by atoms with Gasteiger partial charge in [-0.15, -0.1) is 0 Å². The Balaban J connectivity index is 2.30. The molecule has 4 nitrogen and oxygen atoms in total. The van der Waals surface area contributed by atoms with Gasteiger partial charge in [0, 0.05) is 6.20 Å². The molecule has 0 radical (unpaired) electrons. The van der Waals surface area contributed by atoms with Gasteiger partial charge in [-0.3, -0.25) is 4.98 Å². The first-order valence-corrected chi connectivity index (χ1v) is 6.63. The Morgan fingerprint density at radius 3 is 2.65 bits per heavy atom. The SMILES string of the molecule is COc1cccnc1C(N)c1cccc(OC(C)C)c1. The van der Waals surface area contributed by atoms with E-state index < -0.39 is 0 Å². The molecule has 0 saturated heterocycles. The van der Waals surface area contributed by atoms with Crippen LogP contribution in [-0.4, -0.2) is 18.2 Å². The Morgan fingerprint density at radius 1 is 1.15 bits per heavy atom. The van der Waals surface area contributed by atoms with Crippen molar-refractivity contribution < 1.29 is 9.47 Å². The van der Waals surface area contributed by atoms with Crippen LogP contribution in [0.15, 0.2) is 42.6 Å². The number of methoxy groups -OCH3 is 1. The minimum absolute atomic E-state index is 0.130. The van der Waals surface area contributed by atoms with E-state index in [-0.39, 0.29) is 12.1 Å². The fraction of sp³-hybridized carbons (Fsp3) is 0.312. The highest BCUT2D eigenvalue weighted by atomic mass is 16.5. The third-order valence-corrected chi connectivity index (χ3v) is 2.90. The van der Waals surface area contributed by atoms with Crippen LogP contribution in [-0.2, 0) is 0 Å². The van der Waals surface area contributed by atoms with Gasteiger partial charge in [-0.05, 0) is 43.7 Å². The average molecular weight is 272 g/mol. The summed E-state index contributed by atoms with van der Waals surface area (Å²) in [6.45, 7) is 3.99. The molecule has 1 unspecified atom stereocenters. The van der Waals surface area contributed by atoms with Crippen molar-refractivity contribution in [1.29, 1.82) is 0 Å². The predicted octanol–water partition coefficient (Wildman–Crippen LogP) is 2.93. The maximum absolute atomic E-state index is 6.29. The molecule has 1 heterocycles. The van der Waals surface area contributed by atoms with Crippen molar-refractivity contribution in [1.82, 2.24) is 4.98 Å².